The first-order valence-corrected chi connectivity index (χ1v) is 6.57. The molecule has 1 aromatic carbocycles. The number of rotatable bonds is 5. The Labute approximate surface area is 110 Å². The molecule has 0 radical (unpaired) electrons. The van der Waals surface area contributed by atoms with E-state index >= 15 is 0 Å². The molecule has 1 heterocycles. The van der Waals surface area contributed by atoms with Crippen LogP contribution in [-0.2, 0) is 11.2 Å². The minimum Gasteiger partial charge on any atom is -0.352 e. The smallest absolute Gasteiger partial charge is 0.243 e. The fraction of sp³-hybridized carbons (Fsp3) is 0.143. The van der Waals surface area contributed by atoms with Gasteiger partial charge >= 0.3 is 0 Å². The van der Waals surface area contributed by atoms with Gasteiger partial charge in [-0.2, -0.15) is 0 Å². The van der Waals surface area contributed by atoms with Crippen LogP contribution in [0.15, 0.2) is 48.4 Å². The summed E-state index contributed by atoms with van der Waals surface area (Å²) in [7, 11) is 0. The average Bonchev–Trinajstić information content (AvgIpc) is 2.88. The molecule has 0 unspecified atom stereocenters. The summed E-state index contributed by atoms with van der Waals surface area (Å²) in [6, 6.07) is 10.1. The fourth-order valence-corrected chi connectivity index (χ4v) is 2.38. The first-order valence-electron chi connectivity index (χ1n) is 5.69. The van der Waals surface area contributed by atoms with Crippen LogP contribution in [-0.4, -0.2) is 17.4 Å². The highest BCUT2D eigenvalue weighted by atomic mass is 32.1. The molecule has 1 aromatic heterocycles. The number of thiazole rings is 1. The van der Waals surface area contributed by atoms with Crippen molar-refractivity contribution in [2.75, 3.05) is 6.54 Å². The molecule has 0 fully saturated rings. The summed E-state index contributed by atoms with van der Waals surface area (Å²) >= 11 is 1.62. The highest BCUT2D eigenvalue weighted by molar-refractivity contribution is 7.13. The lowest BCUT2D eigenvalue weighted by molar-refractivity contribution is -0.116. The minimum atomic E-state index is -0.145. The molecular weight excluding hydrogens is 244 g/mol. The molecule has 0 aliphatic heterocycles. The Hall–Kier alpha value is -1.94. The maximum Gasteiger partial charge on any atom is 0.243 e. The van der Waals surface area contributed by atoms with E-state index in [1.54, 1.807) is 11.3 Å². The van der Waals surface area contributed by atoms with Crippen LogP contribution >= 0.6 is 11.3 Å². The number of benzene rings is 1. The van der Waals surface area contributed by atoms with E-state index in [0.29, 0.717) is 6.54 Å². The van der Waals surface area contributed by atoms with Crippen molar-refractivity contribution in [3.05, 3.63) is 54.1 Å². The second-order valence-corrected chi connectivity index (χ2v) is 4.61. The molecule has 4 heteroatoms. The second kappa shape index (κ2) is 6.12. The van der Waals surface area contributed by atoms with Gasteiger partial charge in [0, 0.05) is 23.9 Å². The van der Waals surface area contributed by atoms with Crippen LogP contribution in [0.2, 0.25) is 0 Å². The van der Waals surface area contributed by atoms with Crippen molar-refractivity contribution in [3.8, 4) is 10.6 Å². The summed E-state index contributed by atoms with van der Waals surface area (Å²) < 4.78 is 0. The Balaban J connectivity index is 1.95. The van der Waals surface area contributed by atoms with E-state index in [1.165, 1.54) is 6.08 Å². The molecule has 2 rings (SSSR count). The van der Waals surface area contributed by atoms with Crippen LogP contribution in [0.3, 0.4) is 0 Å². The maximum atomic E-state index is 11.0. The summed E-state index contributed by atoms with van der Waals surface area (Å²) in [6.07, 6.45) is 2.01. The Bertz CT molecular complexity index is 534. The standard InChI is InChI=1S/C14H14N2OS/c1-2-13(17)15-9-8-12-10-18-14(16-12)11-6-4-3-5-7-11/h2-7,10H,1,8-9H2,(H,15,17). The number of hydrogen-bond donors (Lipinski definition) is 1. The number of hydrogen-bond acceptors (Lipinski definition) is 3. The molecule has 3 nitrogen and oxygen atoms in total. The van der Waals surface area contributed by atoms with E-state index in [-0.39, 0.29) is 5.91 Å². The summed E-state index contributed by atoms with van der Waals surface area (Å²) in [6.45, 7) is 3.99. The van der Waals surface area contributed by atoms with Crippen molar-refractivity contribution in [1.82, 2.24) is 10.3 Å². The van der Waals surface area contributed by atoms with Crippen LogP contribution < -0.4 is 5.32 Å². The molecule has 18 heavy (non-hydrogen) atoms. The topological polar surface area (TPSA) is 42.0 Å². The lowest BCUT2D eigenvalue weighted by Gasteiger charge is -1.99. The monoisotopic (exact) mass is 258 g/mol. The molecule has 0 spiro atoms. The summed E-state index contributed by atoms with van der Waals surface area (Å²) in [5, 5.41) is 5.78. The highest BCUT2D eigenvalue weighted by Gasteiger charge is 2.04. The average molecular weight is 258 g/mol. The minimum absolute atomic E-state index is 0.145. The zero-order chi connectivity index (χ0) is 12.8. The molecule has 2 aromatic rings. The molecule has 0 aliphatic rings. The van der Waals surface area contributed by atoms with Crippen molar-refractivity contribution >= 4 is 17.2 Å². The van der Waals surface area contributed by atoms with Gasteiger partial charge in [0.1, 0.15) is 5.01 Å². The third-order valence-corrected chi connectivity index (χ3v) is 3.38. The molecule has 0 atom stereocenters. The first kappa shape index (κ1) is 12.5. The van der Waals surface area contributed by atoms with Crippen LogP contribution in [0.5, 0.6) is 0 Å². The number of carbonyl (C=O) groups excluding carboxylic acids is 1. The summed E-state index contributed by atoms with van der Waals surface area (Å²) in [5.74, 6) is -0.145. The van der Waals surface area contributed by atoms with E-state index in [9.17, 15) is 4.79 Å². The first-order chi connectivity index (χ1) is 8.79. The molecule has 1 N–H and O–H groups in total. The molecule has 0 bridgehead atoms. The molecule has 1 amide bonds. The van der Waals surface area contributed by atoms with E-state index in [2.05, 4.69) is 16.9 Å². The number of aromatic nitrogens is 1. The number of nitrogens with one attached hydrogen (secondary N) is 1. The third-order valence-electron chi connectivity index (χ3n) is 2.44. The van der Waals surface area contributed by atoms with Crippen molar-refractivity contribution in [3.63, 3.8) is 0 Å². The van der Waals surface area contributed by atoms with Gasteiger partial charge in [-0.15, -0.1) is 11.3 Å². The molecule has 0 aliphatic carbocycles. The van der Waals surface area contributed by atoms with Crippen molar-refractivity contribution in [2.24, 2.45) is 0 Å². The van der Waals surface area contributed by atoms with Gasteiger partial charge in [-0.25, -0.2) is 4.98 Å². The van der Waals surface area contributed by atoms with Gasteiger partial charge in [0.2, 0.25) is 5.91 Å². The Morgan fingerprint density at radius 1 is 1.39 bits per heavy atom. The number of nitrogens with zero attached hydrogens (tertiary/aromatic N) is 1. The van der Waals surface area contributed by atoms with Gasteiger partial charge < -0.3 is 5.32 Å². The van der Waals surface area contributed by atoms with Gasteiger partial charge in [-0.1, -0.05) is 36.9 Å². The van der Waals surface area contributed by atoms with Crippen molar-refractivity contribution in [1.29, 1.82) is 0 Å². The normalized spacial score (nSPS) is 10.0. The lowest BCUT2D eigenvalue weighted by Crippen LogP contribution is -2.23. The van der Waals surface area contributed by atoms with Crippen LogP contribution in [0, 0.1) is 0 Å². The quantitative estimate of drug-likeness (QED) is 0.838. The van der Waals surface area contributed by atoms with E-state index in [0.717, 1.165) is 22.7 Å². The SMILES string of the molecule is C=CC(=O)NCCc1csc(-c2ccccc2)n1. The molecule has 0 saturated heterocycles. The van der Waals surface area contributed by atoms with Gasteiger partial charge in [-0.05, 0) is 6.08 Å². The van der Waals surface area contributed by atoms with E-state index in [4.69, 9.17) is 0 Å². The van der Waals surface area contributed by atoms with Crippen molar-refractivity contribution in [2.45, 2.75) is 6.42 Å². The van der Waals surface area contributed by atoms with E-state index < -0.39 is 0 Å². The second-order valence-electron chi connectivity index (χ2n) is 3.76. The maximum absolute atomic E-state index is 11.0. The predicted octanol–water partition coefficient (Wildman–Crippen LogP) is 2.65. The third kappa shape index (κ3) is 3.28. The Morgan fingerprint density at radius 3 is 2.89 bits per heavy atom. The Kier molecular flexibility index (Phi) is 4.25. The Morgan fingerprint density at radius 2 is 2.17 bits per heavy atom. The molecule has 92 valence electrons. The van der Waals surface area contributed by atoms with Crippen molar-refractivity contribution < 1.29 is 4.79 Å². The van der Waals surface area contributed by atoms with Gasteiger partial charge in [0.15, 0.2) is 0 Å². The summed E-state index contributed by atoms with van der Waals surface area (Å²) in [5.41, 5.74) is 2.13. The number of carbonyl (C=O) groups is 1. The van der Waals surface area contributed by atoms with Gasteiger partial charge in [0.05, 0.1) is 5.69 Å². The zero-order valence-corrected chi connectivity index (χ0v) is 10.7. The van der Waals surface area contributed by atoms with Gasteiger partial charge in [-0.3, -0.25) is 4.79 Å². The van der Waals surface area contributed by atoms with Gasteiger partial charge in [0.25, 0.3) is 0 Å². The number of amides is 1. The highest BCUT2D eigenvalue weighted by Crippen LogP contribution is 2.23. The van der Waals surface area contributed by atoms with Crippen LogP contribution in [0.1, 0.15) is 5.69 Å². The fourth-order valence-electron chi connectivity index (χ4n) is 1.52. The largest absolute Gasteiger partial charge is 0.352 e. The van der Waals surface area contributed by atoms with Crippen LogP contribution in [0.4, 0.5) is 0 Å². The molecular formula is C14H14N2OS. The van der Waals surface area contributed by atoms with Crippen LogP contribution in [0.25, 0.3) is 10.6 Å². The lowest BCUT2D eigenvalue weighted by atomic mass is 10.2. The van der Waals surface area contributed by atoms with E-state index in [1.807, 2.05) is 35.7 Å². The summed E-state index contributed by atoms with van der Waals surface area (Å²) in [4.78, 5) is 15.5. The predicted molar refractivity (Wildman–Crippen MR) is 74.5 cm³/mol. The molecule has 0 saturated carbocycles. The zero-order valence-electron chi connectivity index (χ0n) is 9.93.